The van der Waals surface area contributed by atoms with Crippen LogP contribution < -0.4 is 5.32 Å². The molecule has 2 fully saturated rings. The zero-order chi connectivity index (χ0) is 11.3. The molecule has 0 aromatic rings. The van der Waals surface area contributed by atoms with Crippen molar-refractivity contribution < 1.29 is 4.74 Å². The molecule has 0 amide bonds. The van der Waals surface area contributed by atoms with Crippen LogP contribution >= 0.6 is 11.8 Å². The predicted molar refractivity (Wildman–Crippen MR) is 71.2 cm³/mol. The maximum absolute atomic E-state index is 5.48. The largest absolute Gasteiger partial charge is 0.381 e. The van der Waals surface area contributed by atoms with Crippen molar-refractivity contribution in [3.05, 3.63) is 0 Å². The van der Waals surface area contributed by atoms with Crippen molar-refractivity contribution in [2.75, 3.05) is 26.0 Å². The quantitative estimate of drug-likeness (QED) is 0.820. The van der Waals surface area contributed by atoms with E-state index >= 15 is 0 Å². The lowest BCUT2D eigenvalue weighted by Crippen LogP contribution is -2.46. The number of ether oxygens (including phenoxy) is 1. The number of hydrogen-bond acceptors (Lipinski definition) is 3. The summed E-state index contributed by atoms with van der Waals surface area (Å²) in [6.45, 7) is 3.09. The molecule has 0 aromatic carbocycles. The van der Waals surface area contributed by atoms with Crippen molar-refractivity contribution in [2.24, 2.45) is 0 Å². The Balaban J connectivity index is 1.77. The number of hydrogen-bond donors (Lipinski definition) is 1. The molecule has 0 spiro atoms. The molecule has 2 aliphatic rings. The van der Waals surface area contributed by atoms with Crippen LogP contribution in [0.15, 0.2) is 0 Å². The minimum absolute atomic E-state index is 0.454. The minimum atomic E-state index is 0.454. The van der Waals surface area contributed by atoms with E-state index in [1.165, 1.54) is 51.5 Å². The van der Waals surface area contributed by atoms with Crippen LogP contribution in [0, 0.1) is 0 Å². The molecule has 1 saturated heterocycles. The van der Waals surface area contributed by atoms with Gasteiger partial charge in [-0.2, -0.15) is 11.8 Å². The summed E-state index contributed by atoms with van der Waals surface area (Å²) in [7, 11) is 0. The topological polar surface area (TPSA) is 21.3 Å². The molecule has 1 heterocycles. The van der Waals surface area contributed by atoms with Crippen molar-refractivity contribution in [1.29, 1.82) is 0 Å². The number of rotatable bonds is 4. The highest BCUT2D eigenvalue weighted by Crippen LogP contribution is 2.33. The fourth-order valence-electron chi connectivity index (χ4n) is 2.83. The van der Waals surface area contributed by atoms with E-state index in [0.717, 1.165) is 19.3 Å². The minimum Gasteiger partial charge on any atom is -0.381 e. The maximum atomic E-state index is 5.48. The summed E-state index contributed by atoms with van der Waals surface area (Å²) in [4.78, 5) is 0. The first kappa shape index (κ1) is 12.7. The Morgan fingerprint density at radius 1 is 1.19 bits per heavy atom. The first-order valence-electron chi connectivity index (χ1n) is 6.71. The normalized spacial score (nSPS) is 26.8. The van der Waals surface area contributed by atoms with Crippen LogP contribution in [0.5, 0.6) is 0 Å². The second-order valence-corrected chi connectivity index (χ2v) is 6.49. The van der Waals surface area contributed by atoms with Gasteiger partial charge in [0.25, 0.3) is 0 Å². The standard InChI is InChI=1S/C13H25NOS/c1-16-13(7-9-15-10-8-13)11-14-12-5-3-2-4-6-12/h12,14H,2-11H2,1H3. The average molecular weight is 243 g/mol. The molecule has 3 heteroatoms. The van der Waals surface area contributed by atoms with Gasteiger partial charge in [0.05, 0.1) is 0 Å². The van der Waals surface area contributed by atoms with Crippen LogP contribution in [0.2, 0.25) is 0 Å². The van der Waals surface area contributed by atoms with Crippen LogP contribution in [0.4, 0.5) is 0 Å². The van der Waals surface area contributed by atoms with Crippen molar-refractivity contribution in [3.63, 3.8) is 0 Å². The van der Waals surface area contributed by atoms with Crippen LogP contribution in [0.1, 0.15) is 44.9 Å². The van der Waals surface area contributed by atoms with Crippen molar-refractivity contribution in [3.8, 4) is 0 Å². The Hall–Kier alpha value is 0.270. The highest BCUT2D eigenvalue weighted by molar-refractivity contribution is 8.00. The lowest BCUT2D eigenvalue weighted by molar-refractivity contribution is 0.0761. The number of thioether (sulfide) groups is 1. The second kappa shape index (κ2) is 6.27. The average Bonchev–Trinajstić information content (AvgIpc) is 2.39. The molecule has 0 aromatic heterocycles. The second-order valence-electron chi connectivity index (χ2n) is 5.22. The Bertz CT molecular complexity index is 198. The Labute approximate surface area is 104 Å². The summed E-state index contributed by atoms with van der Waals surface area (Å²) >= 11 is 2.04. The van der Waals surface area contributed by atoms with E-state index in [9.17, 15) is 0 Å². The van der Waals surface area contributed by atoms with Crippen LogP contribution in [0.3, 0.4) is 0 Å². The first-order valence-corrected chi connectivity index (χ1v) is 7.93. The molecule has 94 valence electrons. The number of nitrogens with one attached hydrogen (secondary N) is 1. The molecule has 1 aliphatic heterocycles. The summed E-state index contributed by atoms with van der Waals surface area (Å²) in [6, 6.07) is 0.792. The molecule has 1 aliphatic carbocycles. The molecule has 0 bridgehead atoms. The fourth-order valence-corrected chi connectivity index (χ4v) is 3.64. The van der Waals surface area contributed by atoms with E-state index in [4.69, 9.17) is 4.74 Å². The van der Waals surface area contributed by atoms with E-state index in [-0.39, 0.29) is 0 Å². The van der Waals surface area contributed by atoms with Crippen molar-refractivity contribution in [1.82, 2.24) is 5.32 Å². The van der Waals surface area contributed by atoms with E-state index in [2.05, 4.69) is 11.6 Å². The van der Waals surface area contributed by atoms with E-state index in [1.807, 2.05) is 11.8 Å². The molecule has 0 unspecified atom stereocenters. The molecular formula is C13H25NOS. The monoisotopic (exact) mass is 243 g/mol. The highest BCUT2D eigenvalue weighted by Gasteiger charge is 2.32. The molecular weight excluding hydrogens is 218 g/mol. The van der Waals surface area contributed by atoms with Gasteiger partial charge in [-0.1, -0.05) is 19.3 Å². The summed E-state index contributed by atoms with van der Waals surface area (Å²) in [5.41, 5.74) is 0. The van der Waals surface area contributed by atoms with Gasteiger partial charge in [-0.3, -0.25) is 0 Å². The van der Waals surface area contributed by atoms with Gasteiger partial charge in [-0.25, -0.2) is 0 Å². The van der Waals surface area contributed by atoms with Gasteiger partial charge < -0.3 is 10.1 Å². The molecule has 2 rings (SSSR count). The highest BCUT2D eigenvalue weighted by atomic mass is 32.2. The first-order chi connectivity index (χ1) is 7.85. The van der Waals surface area contributed by atoms with E-state index in [0.29, 0.717) is 4.75 Å². The smallest absolute Gasteiger partial charge is 0.0479 e. The Morgan fingerprint density at radius 2 is 1.88 bits per heavy atom. The van der Waals surface area contributed by atoms with Crippen molar-refractivity contribution >= 4 is 11.8 Å². The van der Waals surface area contributed by atoms with E-state index in [1.54, 1.807) is 0 Å². The zero-order valence-electron chi connectivity index (χ0n) is 10.5. The SMILES string of the molecule is CSC1(CNC2CCCCC2)CCOCC1. The maximum Gasteiger partial charge on any atom is 0.0479 e. The van der Waals surface area contributed by atoms with Crippen LogP contribution in [0.25, 0.3) is 0 Å². The third-order valence-electron chi connectivity index (χ3n) is 4.16. The molecule has 0 atom stereocenters. The summed E-state index contributed by atoms with van der Waals surface area (Å²) < 4.78 is 5.93. The Morgan fingerprint density at radius 3 is 2.50 bits per heavy atom. The van der Waals surface area contributed by atoms with Gasteiger partial charge in [-0.15, -0.1) is 0 Å². The van der Waals surface area contributed by atoms with Gasteiger partial charge in [-0.05, 0) is 31.9 Å². The molecule has 16 heavy (non-hydrogen) atoms. The van der Waals surface area contributed by atoms with Gasteiger partial charge >= 0.3 is 0 Å². The summed E-state index contributed by atoms with van der Waals surface area (Å²) in [5, 5.41) is 3.81. The van der Waals surface area contributed by atoms with Crippen molar-refractivity contribution in [2.45, 2.75) is 55.7 Å². The summed E-state index contributed by atoms with van der Waals surface area (Å²) in [6.07, 6.45) is 11.8. The van der Waals surface area contributed by atoms with Crippen LogP contribution in [-0.2, 0) is 4.74 Å². The van der Waals surface area contributed by atoms with E-state index < -0.39 is 0 Å². The van der Waals surface area contributed by atoms with Gasteiger partial charge in [0.2, 0.25) is 0 Å². The van der Waals surface area contributed by atoms with Gasteiger partial charge in [0, 0.05) is 30.5 Å². The molecule has 1 saturated carbocycles. The zero-order valence-corrected chi connectivity index (χ0v) is 11.3. The third kappa shape index (κ3) is 3.38. The fraction of sp³-hybridized carbons (Fsp3) is 1.00. The van der Waals surface area contributed by atoms with Gasteiger partial charge in [0.1, 0.15) is 0 Å². The summed E-state index contributed by atoms with van der Waals surface area (Å²) in [5.74, 6) is 0. The van der Waals surface area contributed by atoms with Crippen LogP contribution in [-0.4, -0.2) is 36.8 Å². The molecule has 0 radical (unpaired) electrons. The predicted octanol–water partition coefficient (Wildman–Crippen LogP) is 2.82. The molecule has 2 nitrogen and oxygen atoms in total. The third-order valence-corrected chi connectivity index (χ3v) is 5.57. The van der Waals surface area contributed by atoms with Gasteiger partial charge in [0.15, 0.2) is 0 Å². The lowest BCUT2D eigenvalue weighted by Gasteiger charge is -2.37. The molecule has 1 N–H and O–H groups in total. The Kier molecular flexibility index (Phi) is 4.98. The lowest BCUT2D eigenvalue weighted by atomic mass is 9.93.